The van der Waals surface area contributed by atoms with E-state index in [0.29, 0.717) is 19.1 Å². The van der Waals surface area contributed by atoms with Crippen molar-refractivity contribution in [1.29, 1.82) is 0 Å². The molecule has 0 aliphatic rings. The molecule has 8 heteroatoms. The van der Waals surface area contributed by atoms with Crippen molar-refractivity contribution in [3.05, 3.63) is 77.9 Å². The number of methoxy groups -OCH3 is 1. The summed E-state index contributed by atoms with van der Waals surface area (Å²) in [7, 11) is 1.64. The van der Waals surface area contributed by atoms with Crippen LogP contribution in [0.4, 0.5) is 10.1 Å². The smallest absolute Gasteiger partial charge is 0.193 e. The number of benzene rings is 2. The van der Waals surface area contributed by atoms with E-state index in [0.717, 1.165) is 22.6 Å². The van der Waals surface area contributed by atoms with E-state index in [1.54, 1.807) is 30.1 Å². The van der Waals surface area contributed by atoms with E-state index in [9.17, 15) is 4.39 Å². The van der Waals surface area contributed by atoms with Gasteiger partial charge in [-0.2, -0.15) is 5.10 Å². The van der Waals surface area contributed by atoms with Gasteiger partial charge in [0.05, 0.1) is 24.5 Å². The predicted octanol–water partition coefficient (Wildman–Crippen LogP) is 3.70. The van der Waals surface area contributed by atoms with E-state index >= 15 is 0 Å². The summed E-state index contributed by atoms with van der Waals surface area (Å²) in [5.41, 5.74) is 9.36. The molecule has 0 saturated heterocycles. The second kappa shape index (κ2) is 10.0. The number of aromatic nitrogens is 2. The molecule has 0 radical (unpaired) electrons. The van der Waals surface area contributed by atoms with Gasteiger partial charge in [0.1, 0.15) is 5.82 Å². The molecule has 3 rings (SSSR count). The first kappa shape index (κ1) is 20.8. The monoisotopic (exact) mass is 481 g/mol. The van der Waals surface area contributed by atoms with Crippen LogP contribution in [0.15, 0.2) is 65.8 Å². The maximum atomic E-state index is 13.0. The van der Waals surface area contributed by atoms with Crippen molar-refractivity contribution < 1.29 is 9.13 Å². The Bertz CT molecular complexity index is 895. The van der Waals surface area contributed by atoms with Crippen molar-refractivity contribution in [2.45, 2.75) is 13.2 Å². The molecule has 0 amide bonds. The second-order valence-corrected chi connectivity index (χ2v) is 5.64. The minimum atomic E-state index is -0.279. The largest absolute Gasteiger partial charge is 0.380 e. The minimum Gasteiger partial charge on any atom is -0.380 e. The van der Waals surface area contributed by atoms with Crippen molar-refractivity contribution in [2.75, 3.05) is 12.4 Å². The highest BCUT2D eigenvalue weighted by molar-refractivity contribution is 14.0. The number of nitrogens with one attached hydrogen (secondary N) is 1. The summed E-state index contributed by atoms with van der Waals surface area (Å²) in [6.45, 7) is 0.817. The Morgan fingerprint density at radius 2 is 1.93 bits per heavy atom. The number of aliphatic imine (C=N–C) groups is 1. The molecule has 6 nitrogen and oxygen atoms in total. The van der Waals surface area contributed by atoms with E-state index < -0.39 is 0 Å². The second-order valence-electron chi connectivity index (χ2n) is 5.64. The lowest BCUT2D eigenvalue weighted by Gasteiger charge is -2.10. The lowest BCUT2D eigenvalue weighted by Crippen LogP contribution is -2.23. The third-order valence-corrected chi connectivity index (χ3v) is 3.73. The summed E-state index contributed by atoms with van der Waals surface area (Å²) in [5, 5.41) is 7.50. The molecule has 3 N–H and O–H groups in total. The number of rotatable bonds is 6. The molecule has 3 aromatic rings. The van der Waals surface area contributed by atoms with Crippen LogP contribution < -0.4 is 11.1 Å². The highest BCUT2D eigenvalue weighted by Gasteiger charge is 2.04. The van der Waals surface area contributed by atoms with Crippen LogP contribution in [-0.2, 0) is 17.9 Å². The first-order valence-corrected chi connectivity index (χ1v) is 8.10. The molecule has 0 spiro atoms. The Kier molecular flexibility index (Phi) is 7.74. The quantitative estimate of drug-likeness (QED) is 0.320. The third-order valence-electron chi connectivity index (χ3n) is 3.73. The first-order valence-electron chi connectivity index (χ1n) is 8.10. The average molecular weight is 481 g/mol. The van der Waals surface area contributed by atoms with Gasteiger partial charge in [0, 0.05) is 24.6 Å². The number of anilines is 1. The van der Waals surface area contributed by atoms with Crippen LogP contribution in [0.25, 0.3) is 5.69 Å². The van der Waals surface area contributed by atoms with E-state index in [1.165, 1.54) is 12.1 Å². The van der Waals surface area contributed by atoms with Gasteiger partial charge in [-0.3, -0.25) is 0 Å². The van der Waals surface area contributed by atoms with Crippen LogP contribution in [0.1, 0.15) is 11.3 Å². The number of nitrogens with zero attached hydrogens (tertiary/aromatic N) is 3. The van der Waals surface area contributed by atoms with Gasteiger partial charge < -0.3 is 15.8 Å². The lowest BCUT2D eigenvalue weighted by atomic mass is 10.2. The fourth-order valence-corrected chi connectivity index (χ4v) is 2.45. The summed E-state index contributed by atoms with van der Waals surface area (Å²) in [6.07, 6.45) is 1.80. The zero-order valence-corrected chi connectivity index (χ0v) is 17.1. The zero-order valence-electron chi connectivity index (χ0n) is 14.8. The standard InChI is InChI=1S/C19H20FN5O.HI/c1-26-13-14-4-2-3-5-18(14)23-19(21)22-12-16-10-11-25(24-16)17-8-6-15(20)7-9-17;/h2-11H,12-13H2,1H3,(H3,21,22,23);1H. The Hall–Kier alpha value is -2.46. The number of nitrogens with two attached hydrogens (primary N) is 1. The number of hydrogen-bond donors (Lipinski definition) is 2. The van der Waals surface area contributed by atoms with Gasteiger partial charge in [-0.1, -0.05) is 18.2 Å². The molecule has 142 valence electrons. The molecule has 27 heavy (non-hydrogen) atoms. The summed E-state index contributed by atoms with van der Waals surface area (Å²) in [5.74, 6) is 0.0169. The van der Waals surface area contributed by atoms with Crippen molar-refractivity contribution in [1.82, 2.24) is 9.78 Å². The van der Waals surface area contributed by atoms with Gasteiger partial charge >= 0.3 is 0 Å². The fraction of sp³-hybridized carbons (Fsp3) is 0.158. The third kappa shape index (κ3) is 5.76. The van der Waals surface area contributed by atoms with Crippen LogP contribution >= 0.6 is 24.0 Å². The van der Waals surface area contributed by atoms with E-state index in [4.69, 9.17) is 10.5 Å². The predicted molar refractivity (Wildman–Crippen MR) is 115 cm³/mol. The molecule has 0 fully saturated rings. The molecule has 0 bridgehead atoms. The molecular formula is C19H21FIN5O. The molecule has 0 unspecified atom stereocenters. The highest BCUT2D eigenvalue weighted by Crippen LogP contribution is 2.15. The molecule has 0 aliphatic carbocycles. The number of para-hydroxylation sites is 1. The Morgan fingerprint density at radius 1 is 1.19 bits per heavy atom. The molecule has 2 aromatic carbocycles. The Labute approximate surface area is 174 Å². The highest BCUT2D eigenvalue weighted by atomic mass is 127. The maximum absolute atomic E-state index is 13.0. The number of guanidine groups is 1. The topological polar surface area (TPSA) is 77.5 Å². The molecule has 0 aliphatic heterocycles. The van der Waals surface area contributed by atoms with E-state index in [2.05, 4.69) is 15.4 Å². The number of hydrogen-bond acceptors (Lipinski definition) is 3. The Balaban J connectivity index is 0.00000261. The van der Waals surface area contributed by atoms with Crippen LogP contribution in [0, 0.1) is 5.82 Å². The summed E-state index contributed by atoms with van der Waals surface area (Å²) in [6, 6.07) is 15.7. The molecule has 0 atom stereocenters. The molecule has 0 saturated carbocycles. The van der Waals surface area contributed by atoms with Gasteiger partial charge in [0.15, 0.2) is 5.96 Å². The number of halogens is 2. The van der Waals surface area contributed by atoms with Crippen molar-refractivity contribution in [3.63, 3.8) is 0 Å². The van der Waals surface area contributed by atoms with E-state index in [1.807, 2.05) is 30.3 Å². The van der Waals surface area contributed by atoms with Crippen LogP contribution in [0.2, 0.25) is 0 Å². The van der Waals surface area contributed by atoms with Gasteiger partial charge in [0.25, 0.3) is 0 Å². The summed E-state index contributed by atoms with van der Waals surface area (Å²) in [4.78, 5) is 4.32. The van der Waals surface area contributed by atoms with Crippen LogP contribution in [0.5, 0.6) is 0 Å². The Morgan fingerprint density at radius 3 is 2.67 bits per heavy atom. The SMILES string of the molecule is COCc1ccccc1NC(N)=NCc1ccn(-c2ccc(F)cc2)n1.I. The van der Waals surface area contributed by atoms with Crippen molar-refractivity contribution in [3.8, 4) is 5.69 Å². The molecule has 1 heterocycles. The normalized spacial score (nSPS) is 11.1. The van der Waals surface area contributed by atoms with Crippen LogP contribution in [0.3, 0.4) is 0 Å². The first-order chi connectivity index (χ1) is 12.7. The maximum Gasteiger partial charge on any atom is 0.193 e. The summed E-state index contributed by atoms with van der Waals surface area (Å²) < 4.78 is 19.8. The van der Waals surface area contributed by atoms with Crippen molar-refractivity contribution in [2.24, 2.45) is 10.7 Å². The molecular weight excluding hydrogens is 460 g/mol. The average Bonchev–Trinajstić information content (AvgIpc) is 3.11. The van der Waals surface area contributed by atoms with E-state index in [-0.39, 0.29) is 29.8 Å². The van der Waals surface area contributed by atoms with Gasteiger partial charge in [-0.05, 0) is 36.4 Å². The van der Waals surface area contributed by atoms with Gasteiger partial charge in [-0.25, -0.2) is 14.1 Å². The van der Waals surface area contributed by atoms with Gasteiger partial charge in [-0.15, -0.1) is 24.0 Å². The fourth-order valence-electron chi connectivity index (χ4n) is 2.45. The zero-order chi connectivity index (χ0) is 18.4. The lowest BCUT2D eigenvalue weighted by molar-refractivity contribution is 0.185. The number of ether oxygens (including phenoxy) is 1. The van der Waals surface area contributed by atoms with Crippen molar-refractivity contribution >= 4 is 35.6 Å². The van der Waals surface area contributed by atoms with Gasteiger partial charge in [0.2, 0.25) is 0 Å². The molecule has 1 aromatic heterocycles. The minimum absolute atomic E-state index is 0. The summed E-state index contributed by atoms with van der Waals surface area (Å²) >= 11 is 0. The van der Waals surface area contributed by atoms with Crippen LogP contribution in [-0.4, -0.2) is 22.8 Å².